The number of alkyl halides is 3. The Balaban J connectivity index is 1.22. The van der Waals surface area contributed by atoms with Gasteiger partial charge < -0.3 is 38.5 Å². The third-order valence-electron chi connectivity index (χ3n) is 9.15. The Hall–Kier alpha value is -5.90. The first-order chi connectivity index (χ1) is 28.0. The van der Waals surface area contributed by atoms with Gasteiger partial charge in [-0.05, 0) is 93.0 Å². The molecule has 2 N–H and O–H groups in total. The summed E-state index contributed by atoms with van der Waals surface area (Å²) in [5.41, 5.74) is -1.84. The van der Waals surface area contributed by atoms with E-state index in [2.05, 4.69) is 10.6 Å². The third kappa shape index (κ3) is 12.1. The number of nitrogens with zero attached hydrogens (tertiary/aromatic N) is 3. The number of hydrogen-bond donors (Lipinski definition) is 2. The van der Waals surface area contributed by atoms with Crippen molar-refractivity contribution in [1.29, 1.82) is 5.26 Å². The lowest BCUT2D eigenvalue weighted by molar-refractivity contribution is -0.137. The topological polar surface area (TPSA) is 163 Å². The van der Waals surface area contributed by atoms with Crippen LogP contribution in [0.15, 0.2) is 65.3 Å². The molecule has 0 radical (unpaired) electrons. The van der Waals surface area contributed by atoms with E-state index in [0.717, 1.165) is 29.1 Å². The van der Waals surface area contributed by atoms with E-state index in [9.17, 15) is 32.3 Å². The number of anilines is 2. The number of carbonyl (C=O) groups excluding carboxylic acids is 4. The molecule has 3 amide bonds. The van der Waals surface area contributed by atoms with Crippen LogP contribution in [-0.4, -0.2) is 81.8 Å². The Kier molecular flexibility index (Phi) is 16.1. The van der Waals surface area contributed by atoms with Crippen molar-refractivity contribution in [2.24, 2.45) is 0 Å². The van der Waals surface area contributed by atoms with Crippen molar-refractivity contribution in [3.8, 4) is 11.8 Å². The van der Waals surface area contributed by atoms with E-state index in [1.165, 1.54) is 55.0 Å². The quantitative estimate of drug-likeness (QED) is 0.0422. The number of rotatable bonds is 20. The molecule has 59 heavy (non-hydrogen) atoms. The highest BCUT2D eigenvalue weighted by Gasteiger charge is 2.36. The van der Waals surface area contributed by atoms with Crippen LogP contribution in [0.2, 0.25) is 0 Å². The molecule has 18 heteroatoms. The molecule has 0 saturated heterocycles. The molecule has 0 aliphatic rings. The van der Waals surface area contributed by atoms with E-state index in [4.69, 9.17) is 36.1 Å². The Morgan fingerprint density at radius 3 is 2.34 bits per heavy atom. The maximum atomic E-state index is 15.4. The van der Waals surface area contributed by atoms with Crippen LogP contribution in [0.25, 0.3) is 11.0 Å². The van der Waals surface area contributed by atoms with Crippen LogP contribution in [0.5, 0.6) is 5.75 Å². The Morgan fingerprint density at radius 2 is 1.68 bits per heavy atom. The lowest BCUT2D eigenvalue weighted by Gasteiger charge is -2.39. The van der Waals surface area contributed by atoms with Gasteiger partial charge in [0.25, 0.3) is 5.91 Å². The number of fused-ring (bicyclic) bond motifs is 1. The average Bonchev–Trinajstić information content (AvgIpc) is 3.63. The second-order valence-corrected chi connectivity index (χ2v) is 14.1. The molecule has 4 aromatic rings. The normalized spacial score (nSPS) is 12.0. The average molecular weight is 842 g/mol. The summed E-state index contributed by atoms with van der Waals surface area (Å²) < 4.78 is 78.9. The Bertz CT molecular complexity index is 2190. The highest BCUT2D eigenvalue weighted by Crippen LogP contribution is 2.36. The molecule has 13 nitrogen and oxygen atoms in total. The fourth-order valence-corrected chi connectivity index (χ4v) is 6.36. The molecule has 1 atom stereocenters. The van der Waals surface area contributed by atoms with Gasteiger partial charge in [-0.3, -0.25) is 19.7 Å². The molecule has 4 rings (SSSR count). The second kappa shape index (κ2) is 20.7. The molecule has 0 bridgehead atoms. The van der Waals surface area contributed by atoms with Gasteiger partial charge in [-0.15, -0.1) is 0 Å². The van der Waals surface area contributed by atoms with Gasteiger partial charge >= 0.3 is 6.18 Å². The number of halogens is 4. The van der Waals surface area contributed by atoms with Crippen molar-refractivity contribution in [3.05, 3.63) is 88.9 Å². The van der Waals surface area contributed by atoms with Crippen molar-refractivity contribution >= 4 is 64.2 Å². The molecular formula is C41H43F4N5O8S. The highest BCUT2D eigenvalue weighted by atomic mass is 32.1. The van der Waals surface area contributed by atoms with Gasteiger partial charge in [0.2, 0.25) is 12.3 Å². The van der Waals surface area contributed by atoms with Crippen molar-refractivity contribution in [1.82, 2.24) is 10.6 Å². The summed E-state index contributed by atoms with van der Waals surface area (Å²) in [5.74, 6) is -1.41. The molecule has 0 spiro atoms. The summed E-state index contributed by atoms with van der Waals surface area (Å²) in [6.45, 7) is 6.06. The number of benzene rings is 3. The highest BCUT2D eigenvalue weighted by molar-refractivity contribution is 7.80. The van der Waals surface area contributed by atoms with Gasteiger partial charge in [0.1, 0.15) is 30.0 Å². The van der Waals surface area contributed by atoms with Crippen LogP contribution in [0.3, 0.4) is 0 Å². The standard InChI is InChI=1S/C41H43F4N5O8S/c1-26(5-12-37(53)48-25-52)33-23-58-36-11-9-30(21-32(33)36)57-18-17-56-16-15-55-14-13-47-38(54)31-10-8-29(20-35(31)42)50(40(2,3)24-51)39(59)49(4)28-7-6-27(22-46)34(19-28)41(43,44)45/h6-11,19-21,23-26H,5,12-18H2,1-4H3,(H,47,54)(H,48,52,53). The van der Waals surface area contributed by atoms with Crippen molar-refractivity contribution in [3.63, 3.8) is 0 Å². The largest absolute Gasteiger partial charge is 0.491 e. The third-order valence-corrected chi connectivity index (χ3v) is 9.60. The number of aldehydes is 1. The Labute approximate surface area is 343 Å². The van der Waals surface area contributed by atoms with E-state index in [1.807, 2.05) is 13.0 Å². The summed E-state index contributed by atoms with van der Waals surface area (Å²) >= 11 is 5.58. The number of imide groups is 1. The van der Waals surface area contributed by atoms with Gasteiger partial charge in [-0.1, -0.05) is 6.92 Å². The summed E-state index contributed by atoms with van der Waals surface area (Å²) in [4.78, 5) is 49.5. The van der Waals surface area contributed by atoms with Gasteiger partial charge in [0.05, 0.1) is 61.0 Å². The van der Waals surface area contributed by atoms with Crippen LogP contribution in [-0.2, 0) is 30.0 Å². The SMILES string of the molecule is CC(CCC(=O)NC=O)c1coc2ccc(OCCOCCOCCNC(=O)c3ccc(N(C(=S)N(C)c4ccc(C#N)c(C(F)(F)F)c4)C(C)(C)C=O)cc3F)cc12. The van der Waals surface area contributed by atoms with Crippen molar-refractivity contribution < 1.29 is 55.4 Å². The van der Waals surface area contributed by atoms with Gasteiger partial charge in [-0.25, -0.2) is 4.39 Å². The number of hydrogen-bond acceptors (Lipinski definition) is 10. The molecule has 0 fully saturated rings. The molecule has 0 aliphatic heterocycles. The Morgan fingerprint density at radius 1 is 0.983 bits per heavy atom. The summed E-state index contributed by atoms with van der Waals surface area (Å²) in [6, 6.07) is 13.5. The molecule has 314 valence electrons. The van der Waals surface area contributed by atoms with Crippen molar-refractivity contribution in [2.45, 2.75) is 51.2 Å². The van der Waals surface area contributed by atoms with Crippen molar-refractivity contribution in [2.75, 3.05) is 56.4 Å². The van der Waals surface area contributed by atoms with E-state index < -0.39 is 34.6 Å². The lowest BCUT2D eigenvalue weighted by Crippen LogP contribution is -2.54. The van der Waals surface area contributed by atoms with Crippen LogP contribution >= 0.6 is 12.2 Å². The fraction of sp³-hybridized carbons (Fsp3) is 0.366. The monoisotopic (exact) mass is 841 g/mol. The first kappa shape index (κ1) is 45.8. The number of furan rings is 1. The summed E-state index contributed by atoms with van der Waals surface area (Å²) in [7, 11) is 1.37. The van der Waals surface area contributed by atoms with E-state index in [0.29, 0.717) is 30.4 Å². The molecule has 1 aromatic heterocycles. The maximum Gasteiger partial charge on any atom is 0.417 e. The number of ether oxygens (including phenoxy) is 3. The van der Waals surface area contributed by atoms with Gasteiger partial charge in [0, 0.05) is 42.3 Å². The zero-order chi connectivity index (χ0) is 43.3. The molecular weight excluding hydrogens is 799 g/mol. The van der Waals surface area contributed by atoms with E-state index in [1.54, 1.807) is 18.4 Å². The maximum absolute atomic E-state index is 15.4. The minimum absolute atomic E-state index is 0.00152. The minimum Gasteiger partial charge on any atom is -0.491 e. The van der Waals surface area contributed by atoms with E-state index in [-0.39, 0.29) is 79.9 Å². The van der Waals surface area contributed by atoms with Crippen LogP contribution < -0.4 is 25.2 Å². The molecule has 0 aliphatic carbocycles. The zero-order valence-corrected chi connectivity index (χ0v) is 33.5. The fourth-order valence-electron chi connectivity index (χ4n) is 5.92. The lowest BCUT2D eigenvalue weighted by atomic mass is 9.95. The van der Waals surface area contributed by atoms with Crippen LogP contribution in [0, 0.1) is 17.1 Å². The number of thiocarbonyl (C=S) groups is 1. The first-order valence-electron chi connectivity index (χ1n) is 18.3. The molecule has 3 aromatic carbocycles. The minimum atomic E-state index is -4.82. The smallest absolute Gasteiger partial charge is 0.417 e. The van der Waals surface area contributed by atoms with Crippen LogP contribution in [0.4, 0.5) is 28.9 Å². The predicted molar refractivity (Wildman–Crippen MR) is 214 cm³/mol. The van der Waals surface area contributed by atoms with Gasteiger partial charge in [0.15, 0.2) is 5.11 Å². The number of carbonyl (C=O) groups is 4. The van der Waals surface area contributed by atoms with E-state index >= 15 is 4.39 Å². The summed E-state index contributed by atoms with van der Waals surface area (Å²) in [5, 5.41) is 14.6. The molecule has 1 unspecified atom stereocenters. The number of nitriles is 1. The first-order valence-corrected chi connectivity index (χ1v) is 18.7. The molecule has 0 saturated carbocycles. The second-order valence-electron chi connectivity index (χ2n) is 13.8. The molecule has 1 heterocycles. The number of nitrogens with one attached hydrogen (secondary N) is 2. The predicted octanol–water partition coefficient (Wildman–Crippen LogP) is 6.67. The van der Waals surface area contributed by atoms with Crippen LogP contribution in [0.1, 0.15) is 66.6 Å². The van der Waals surface area contributed by atoms with Gasteiger partial charge in [-0.2, -0.15) is 18.4 Å². The zero-order valence-electron chi connectivity index (χ0n) is 32.7. The number of amides is 3. The summed E-state index contributed by atoms with van der Waals surface area (Å²) in [6.07, 6.45) is -1.54.